The summed E-state index contributed by atoms with van der Waals surface area (Å²) in [5.74, 6) is 0.460. The molecule has 0 heterocycles. The van der Waals surface area contributed by atoms with Crippen molar-refractivity contribution in [2.24, 2.45) is 10.7 Å². The number of aliphatic imine (C=N–C) groups is 1. The molecule has 2 atom stereocenters. The van der Waals surface area contributed by atoms with Crippen molar-refractivity contribution in [1.29, 1.82) is 0 Å². The second-order valence-corrected chi connectivity index (χ2v) is 5.80. The summed E-state index contributed by atoms with van der Waals surface area (Å²) in [5, 5.41) is 3.13. The zero-order valence-corrected chi connectivity index (χ0v) is 14.5. The number of guanidine groups is 1. The standard InChI is InChI=1S/C17H30N4O/c1-6-14-7-9-15(10-8-14)16(21(3)4)11-19-17(18)20-13(2)12-22-5/h7-10,13,16H,6,11-12H2,1-5H3,(H3,18,19,20). The minimum Gasteiger partial charge on any atom is -0.383 e. The van der Waals surface area contributed by atoms with Crippen LogP contribution in [0.1, 0.15) is 31.0 Å². The Hall–Kier alpha value is -1.59. The zero-order chi connectivity index (χ0) is 16.5. The van der Waals surface area contributed by atoms with E-state index in [1.54, 1.807) is 7.11 Å². The van der Waals surface area contributed by atoms with E-state index in [0.29, 0.717) is 19.1 Å². The smallest absolute Gasteiger partial charge is 0.188 e. The van der Waals surface area contributed by atoms with E-state index in [-0.39, 0.29) is 12.1 Å². The third-order valence-corrected chi connectivity index (χ3v) is 3.64. The van der Waals surface area contributed by atoms with E-state index in [4.69, 9.17) is 10.5 Å². The van der Waals surface area contributed by atoms with Gasteiger partial charge in [-0.05, 0) is 38.6 Å². The van der Waals surface area contributed by atoms with Gasteiger partial charge < -0.3 is 20.7 Å². The monoisotopic (exact) mass is 306 g/mol. The van der Waals surface area contributed by atoms with Gasteiger partial charge in [0.15, 0.2) is 5.96 Å². The van der Waals surface area contributed by atoms with E-state index in [1.807, 2.05) is 6.92 Å². The third kappa shape index (κ3) is 6.03. The van der Waals surface area contributed by atoms with E-state index >= 15 is 0 Å². The number of methoxy groups -OCH3 is 1. The van der Waals surface area contributed by atoms with Gasteiger partial charge in [0.1, 0.15) is 0 Å². The molecule has 0 amide bonds. The Bertz CT molecular complexity index is 456. The maximum Gasteiger partial charge on any atom is 0.188 e. The highest BCUT2D eigenvalue weighted by atomic mass is 16.5. The number of benzene rings is 1. The van der Waals surface area contributed by atoms with E-state index in [1.165, 1.54) is 11.1 Å². The summed E-state index contributed by atoms with van der Waals surface area (Å²) in [6, 6.07) is 9.07. The van der Waals surface area contributed by atoms with Gasteiger partial charge in [-0.1, -0.05) is 31.2 Å². The Labute approximate surface area is 134 Å². The molecule has 0 aromatic heterocycles. The van der Waals surface area contributed by atoms with Crippen LogP contribution in [-0.4, -0.2) is 51.3 Å². The molecule has 0 radical (unpaired) electrons. The number of aryl methyl sites for hydroxylation is 1. The fourth-order valence-electron chi connectivity index (χ4n) is 2.32. The summed E-state index contributed by atoms with van der Waals surface area (Å²) in [6.07, 6.45) is 1.05. The lowest BCUT2D eigenvalue weighted by molar-refractivity contribution is 0.179. The van der Waals surface area contributed by atoms with E-state index in [9.17, 15) is 0 Å². The average Bonchev–Trinajstić information content (AvgIpc) is 2.48. The van der Waals surface area contributed by atoms with Crippen LogP contribution in [0.25, 0.3) is 0 Å². The summed E-state index contributed by atoms with van der Waals surface area (Å²) in [5.41, 5.74) is 8.54. The van der Waals surface area contributed by atoms with Gasteiger partial charge in [-0.2, -0.15) is 0 Å². The Kier molecular flexibility index (Phi) is 7.91. The van der Waals surface area contributed by atoms with Crippen LogP contribution >= 0.6 is 0 Å². The van der Waals surface area contributed by atoms with Crippen molar-refractivity contribution in [3.8, 4) is 0 Å². The van der Waals surface area contributed by atoms with Crippen LogP contribution in [0, 0.1) is 0 Å². The van der Waals surface area contributed by atoms with Crippen LogP contribution in [0.5, 0.6) is 0 Å². The van der Waals surface area contributed by atoms with E-state index in [0.717, 1.165) is 6.42 Å². The zero-order valence-electron chi connectivity index (χ0n) is 14.5. The number of rotatable bonds is 8. The number of hydrogen-bond acceptors (Lipinski definition) is 3. The first-order valence-electron chi connectivity index (χ1n) is 7.78. The topological polar surface area (TPSA) is 62.9 Å². The van der Waals surface area contributed by atoms with Crippen LogP contribution < -0.4 is 11.1 Å². The number of nitrogens with two attached hydrogens (primary N) is 1. The number of nitrogens with one attached hydrogen (secondary N) is 1. The molecule has 0 saturated heterocycles. The SMILES string of the molecule is CCc1ccc(C(CN=C(N)NC(C)COC)N(C)C)cc1. The maximum absolute atomic E-state index is 5.94. The normalized spacial score (nSPS) is 14.9. The van der Waals surface area contributed by atoms with Crippen molar-refractivity contribution < 1.29 is 4.74 Å². The second-order valence-electron chi connectivity index (χ2n) is 5.80. The lowest BCUT2D eigenvalue weighted by atomic mass is 10.0. The van der Waals surface area contributed by atoms with Crippen molar-refractivity contribution in [3.05, 3.63) is 35.4 Å². The fraction of sp³-hybridized carbons (Fsp3) is 0.588. The summed E-state index contributed by atoms with van der Waals surface area (Å²) < 4.78 is 5.08. The van der Waals surface area contributed by atoms with Gasteiger partial charge in [-0.25, -0.2) is 0 Å². The molecule has 0 bridgehead atoms. The molecule has 0 spiro atoms. The second kappa shape index (κ2) is 9.43. The molecule has 1 aromatic carbocycles. The van der Waals surface area contributed by atoms with Crippen molar-refractivity contribution in [3.63, 3.8) is 0 Å². The predicted molar refractivity (Wildman–Crippen MR) is 93.2 cm³/mol. The summed E-state index contributed by atoms with van der Waals surface area (Å²) in [7, 11) is 5.80. The summed E-state index contributed by atoms with van der Waals surface area (Å²) in [4.78, 5) is 6.64. The number of hydrogen-bond donors (Lipinski definition) is 2. The molecule has 1 rings (SSSR count). The van der Waals surface area contributed by atoms with Gasteiger partial charge in [0.25, 0.3) is 0 Å². The van der Waals surface area contributed by atoms with Gasteiger partial charge in [0, 0.05) is 13.2 Å². The fourth-order valence-corrected chi connectivity index (χ4v) is 2.32. The Morgan fingerprint density at radius 3 is 2.45 bits per heavy atom. The predicted octanol–water partition coefficient (Wildman–Crippen LogP) is 1.79. The van der Waals surface area contributed by atoms with Crippen LogP contribution in [0.3, 0.4) is 0 Å². The third-order valence-electron chi connectivity index (χ3n) is 3.64. The maximum atomic E-state index is 5.94. The Balaban J connectivity index is 2.71. The summed E-state index contributed by atoms with van der Waals surface area (Å²) >= 11 is 0. The molecule has 0 fully saturated rings. The minimum atomic E-state index is 0.149. The molecular formula is C17H30N4O. The van der Waals surface area contributed by atoms with Crippen LogP contribution in [0.4, 0.5) is 0 Å². The Morgan fingerprint density at radius 2 is 1.95 bits per heavy atom. The molecule has 0 aliphatic carbocycles. The largest absolute Gasteiger partial charge is 0.383 e. The first kappa shape index (κ1) is 18.5. The van der Waals surface area contributed by atoms with Gasteiger partial charge in [-0.3, -0.25) is 4.99 Å². The van der Waals surface area contributed by atoms with Crippen LogP contribution in [0.15, 0.2) is 29.3 Å². The van der Waals surface area contributed by atoms with Crippen molar-refractivity contribution >= 4 is 5.96 Å². The average molecular weight is 306 g/mol. The van der Waals surface area contributed by atoms with Gasteiger partial charge in [0.2, 0.25) is 0 Å². The van der Waals surface area contributed by atoms with Crippen LogP contribution in [0.2, 0.25) is 0 Å². The quantitative estimate of drug-likeness (QED) is 0.568. The molecule has 5 nitrogen and oxygen atoms in total. The summed E-state index contributed by atoms with van der Waals surface area (Å²) in [6.45, 7) is 5.40. The van der Waals surface area contributed by atoms with Gasteiger partial charge in [0.05, 0.1) is 19.2 Å². The lowest BCUT2D eigenvalue weighted by Crippen LogP contribution is -2.41. The Morgan fingerprint density at radius 1 is 1.32 bits per heavy atom. The molecule has 0 aliphatic heterocycles. The first-order valence-corrected chi connectivity index (χ1v) is 7.78. The number of likely N-dealkylation sites (N-methyl/N-ethyl adjacent to an activating group) is 1. The van der Waals surface area contributed by atoms with E-state index in [2.05, 4.69) is 60.5 Å². The number of nitrogens with zero attached hydrogens (tertiary/aromatic N) is 2. The molecule has 22 heavy (non-hydrogen) atoms. The molecule has 0 aliphatic rings. The highest BCUT2D eigenvalue weighted by molar-refractivity contribution is 5.78. The van der Waals surface area contributed by atoms with E-state index < -0.39 is 0 Å². The van der Waals surface area contributed by atoms with Gasteiger partial charge >= 0.3 is 0 Å². The number of ether oxygens (including phenoxy) is 1. The molecule has 3 N–H and O–H groups in total. The highest BCUT2D eigenvalue weighted by Crippen LogP contribution is 2.19. The van der Waals surface area contributed by atoms with Gasteiger partial charge in [-0.15, -0.1) is 0 Å². The molecule has 1 aromatic rings. The first-order chi connectivity index (χ1) is 10.5. The van der Waals surface area contributed by atoms with Crippen molar-refractivity contribution in [2.75, 3.05) is 34.4 Å². The van der Waals surface area contributed by atoms with Crippen molar-refractivity contribution in [2.45, 2.75) is 32.4 Å². The molecule has 0 saturated carbocycles. The van der Waals surface area contributed by atoms with Crippen LogP contribution in [-0.2, 0) is 11.2 Å². The molecule has 5 heteroatoms. The molecule has 2 unspecified atom stereocenters. The molecule has 124 valence electrons. The molecular weight excluding hydrogens is 276 g/mol. The lowest BCUT2D eigenvalue weighted by Gasteiger charge is -2.24. The van der Waals surface area contributed by atoms with Crippen molar-refractivity contribution in [1.82, 2.24) is 10.2 Å². The minimum absolute atomic E-state index is 0.149. The highest BCUT2D eigenvalue weighted by Gasteiger charge is 2.14.